The van der Waals surface area contributed by atoms with E-state index in [0.717, 1.165) is 38.2 Å². The number of hydrogen-bond donors (Lipinski definition) is 2. The smallest absolute Gasteiger partial charge is 0.122 e. The van der Waals surface area contributed by atoms with Gasteiger partial charge in [0.05, 0.1) is 13.2 Å². The van der Waals surface area contributed by atoms with Crippen molar-refractivity contribution in [2.75, 3.05) is 26.3 Å². The van der Waals surface area contributed by atoms with E-state index >= 15 is 0 Å². The minimum atomic E-state index is 0.209. The lowest BCUT2D eigenvalue weighted by atomic mass is 10.1. The zero-order valence-electron chi connectivity index (χ0n) is 10.6. The summed E-state index contributed by atoms with van der Waals surface area (Å²) in [6.07, 6.45) is 3.12. The molecule has 1 aromatic rings. The van der Waals surface area contributed by atoms with Crippen molar-refractivity contribution in [1.82, 2.24) is 5.32 Å². The van der Waals surface area contributed by atoms with E-state index in [-0.39, 0.29) is 6.61 Å². The lowest BCUT2D eigenvalue weighted by Crippen LogP contribution is -2.19. The summed E-state index contributed by atoms with van der Waals surface area (Å²) in [5.41, 5.74) is 1.27. The van der Waals surface area contributed by atoms with Crippen LogP contribution in [0.3, 0.4) is 0 Å². The van der Waals surface area contributed by atoms with Crippen LogP contribution in [0.25, 0.3) is 0 Å². The maximum Gasteiger partial charge on any atom is 0.122 e. The summed E-state index contributed by atoms with van der Waals surface area (Å²) in [6, 6.07) is 8.20. The Morgan fingerprint density at radius 2 is 2.00 bits per heavy atom. The highest BCUT2D eigenvalue weighted by Crippen LogP contribution is 2.18. The van der Waals surface area contributed by atoms with E-state index in [4.69, 9.17) is 9.84 Å². The third-order valence-electron chi connectivity index (χ3n) is 2.65. The van der Waals surface area contributed by atoms with E-state index in [1.54, 1.807) is 0 Å². The zero-order valence-corrected chi connectivity index (χ0v) is 10.6. The van der Waals surface area contributed by atoms with Crippen LogP contribution in [0.2, 0.25) is 0 Å². The molecule has 0 aliphatic carbocycles. The van der Waals surface area contributed by atoms with Crippen molar-refractivity contribution in [3.63, 3.8) is 0 Å². The molecule has 1 rings (SSSR count). The normalized spacial score (nSPS) is 10.5. The van der Waals surface area contributed by atoms with E-state index in [0.29, 0.717) is 6.54 Å². The molecule has 0 aromatic heterocycles. The quantitative estimate of drug-likeness (QED) is 0.645. The molecule has 0 fully saturated rings. The molecule has 0 aliphatic heterocycles. The van der Waals surface area contributed by atoms with Crippen LogP contribution in [-0.4, -0.2) is 31.4 Å². The summed E-state index contributed by atoms with van der Waals surface area (Å²) < 4.78 is 5.76. The SMILES string of the molecule is CCc1ccccc1OCCCCNCCO. The minimum absolute atomic E-state index is 0.209. The molecular formula is C14H23NO2. The van der Waals surface area contributed by atoms with E-state index in [9.17, 15) is 0 Å². The Morgan fingerprint density at radius 1 is 1.18 bits per heavy atom. The molecule has 3 heteroatoms. The number of nitrogens with one attached hydrogen (secondary N) is 1. The molecular weight excluding hydrogens is 214 g/mol. The van der Waals surface area contributed by atoms with Gasteiger partial charge in [-0.25, -0.2) is 0 Å². The Kier molecular flexibility index (Phi) is 7.43. The van der Waals surface area contributed by atoms with Gasteiger partial charge in [-0.15, -0.1) is 0 Å². The molecule has 0 saturated carbocycles. The third-order valence-corrected chi connectivity index (χ3v) is 2.65. The molecule has 0 bridgehead atoms. The van der Waals surface area contributed by atoms with Crippen LogP contribution in [0.5, 0.6) is 5.75 Å². The average Bonchev–Trinajstić information content (AvgIpc) is 2.38. The highest BCUT2D eigenvalue weighted by molar-refractivity contribution is 5.33. The lowest BCUT2D eigenvalue weighted by molar-refractivity contribution is 0.286. The van der Waals surface area contributed by atoms with E-state index in [1.807, 2.05) is 18.2 Å². The van der Waals surface area contributed by atoms with Crippen molar-refractivity contribution in [2.24, 2.45) is 0 Å². The molecule has 0 saturated heterocycles. The minimum Gasteiger partial charge on any atom is -0.493 e. The van der Waals surface area contributed by atoms with Crippen molar-refractivity contribution in [3.05, 3.63) is 29.8 Å². The Labute approximate surface area is 104 Å². The fourth-order valence-corrected chi connectivity index (χ4v) is 1.67. The summed E-state index contributed by atoms with van der Waals surface area (Å²) in [5.74, 6) is 1.01. The predicted molar refractivity (Wildman–Crippen MR) is 70.5 cm³/mol. The topological polar surface area (TPSA) is 41.5 Å². The number of hydrogen-bond acceptors (Lipinski definition) is 3. The fraction of sp³-hybridized carbons (Fsp3) is 0.571. The second-order valence-corrected chi connectivity index (χ2v) is 3.99. The van der Waals surface area contributed by atoms with Gasteiger partial charge in [0.1, 0.15) is 5.75 Å². The van der Waals surface area contributed by atoms with Crippen molar-refractivity contribution in [1.29, 1.82) is 0 Å². The van der Waals surface area contributed by atoms with Crippen molar-refractivity contribution >= 4 is 0 Å². The molecule has 17 heavy (non-hydrogen) atoms. The number of benzene rings is 1. The molecule has 0 heterocycles. The Balaban J connectivity index is 2.13. The first kappa shape index (κ1) is 14.0. The fourth-order valence-electron chi connectivity index (χ4n) is 1.67. The van der Waals surface area contributed by atoms with Gasteiger partial charge < -0.3 is 15.2 Å². The monoisotopic (exact) mass is 237 g/mol. The van der Waals surface area contributed by atoms with Crippen LogP contribution in [-0.2, 0) is 6.42 Å². The molecule has 1 aromatic carbocycles. The largest absolute Gasteiger partial charge is 0.493 e. The van der Waals surface area contributed by atoms with Crippen LogP contribution >= 0.6 is 0 Å². The third kappa shape index (κ3) is 5.71. The van der Waals surface area contributed by atoms with Gasteiger partial charge in [-0.05, 0) is 37.4 Å². The predicted octanol–water partition coefficient (Wildman–Crippen LogP) is 1.99. The summed E-state index contributed by atoms with van der Waals surface area (Å²) in [6.45, 7) is 4.73. The van der Waals surface area contributed by atoms with Gasteiger partial charge in [0.15, 0.2) is 0 Å². The molecule has 3 nitrogen and oxygen atoms in total. The number of unbranched alkanes of at least 4 members (excludes halogenated alkanes) is 1. The van der Waals surface area contributed by atoms with Gasteiger partial charge in [-0.1, -0.05) is 25.1 Å². The zero-order chi connectivity index (χ0) is 12.3. The first-order valence-electron chi connectivity index (χ1n) is 6.40. The Hall–Kier alpha value is -1.06. The number of aryl methyl sites for hydroxylation is 1. The summed E-state index contributed by atoms with van der Waals surface area (Å²) in [5, 5.41) is 11.7. The van der Waals surface area contributed by atoms with Gasteiger partial charge >= 0.3 is 0 Å². The number of aliphatic hydroxyl groups excluding tert-OH is 1. The van der Waals surface area contributed by atoms with Gasteiger partial charge in [0.2, 0.25) is 0 Å². The molecule has 2 N–H and O–H groups in total. The standard InChI is InChI=1S/C14H23NO2/c1-2-13-7-3-4-8-14(13)17-12-6-5-9-15-10-11-16/h3-4,7-8,15-16H,2,5-6,9-12H2,1H3. The van der Waals surface area contributed by atoms with E-state index in [2.05, 4.69) is 18.3 Å². The van der Waals surface area contributed by atoms with Crippen molar-refractivity contribution < 1.29 is 9.84 Å². The highest BCUT2D eigenvalue weighted by Gasteiger charge is 1.99. The lowest BCUT2D eigenvalue weighted by Gasteiger charge is -2.10. The Bertz CT molecular complexity index is 302. The van der Waals surface area contributed by atoms with Crippen molar-refractivity contribution in [3.8, 4) is 5.75 Å². The van der Waals surface area contributed by atoms with Gasteiger partial charge in [-0.2, -0.15) is 0 Å². The van der Waals surface area contributed by atoms with Crippen LogP contribution in [0.15, 0.2) is 24.3 Å². The molecule has 0 unspecified atom stereocenters. The molecule has 0 atom stereocenters. The second kappa shape index (κ2) is 9.02. The number of rotatable bonds is 9. The molecule has 0 spiro atoms. The average molecular weight is 237 g/mol. The highest BCUT2D eigenvalue weighted by atomic mass is 16.5. The second-order valence-electron chi connectivity index (χ2n) is 3.99. The van der Waals surface area contributed by atoms with Gasteiger partial charge in [0, 0.05) is 6.54 Å². The molecule has 0 aliphatic rings. The van der Waals surface area contributed by atoms with Crippen LogP contribution in [0.1, 0.15) is 25.3 Å². The number of ether oxygens (including phenoxy) is 1. The summed E-state index contributed by atoms with van der Waals surface area (Å²) >= 11 is 0. The molecule has 0 amide bonds. The van der Waals surface area contributed by atoms with Crippen molar-refractivity contribution in [2.45, 2.75) is 26.2 Å². The first-order chi connectivity index (χ1) is 8.38. The Morgan fingerprint density at radius 3 is 2.76 bits per heavy atom. The first-order valence-corrected chi connectivity index (χ1v) is 6.40. The van der Waals surface area contributed by atoms with Crippen LogP contribution < -0.4 is 10.1 Å². The molecule has 96 valence electrons. The van der Waals surface area contributed by atoms with Gasteiger partial charge in [-0.3, -0.25) is 0 Å². The number of para-hydroxylation sites is 1. The molecule has 0 radical (unpaired) electrons. The van der Waals surface area contributed by atoms with Gasteiger partial charge in [0.25, 0.3) is 0 Å². The summed E-state index contributed by atoms with van der Waals surface area (Å²) in [7, 11) is 0. The van der Waals surface area contributed by atoms with E-state index < -0.39 is 0 Å². The van der Waals surface area contributed by atoms with E-state index in [1.165, 1.54) is 5.56 Å². The number of aliphatic hydroxyl groups is 1. The maximum absolute atomic E-state index is 8.59. The summed E-state index contributed by atoms with van der Waals surface area (Å²) in [4.78, 5) is 0. The van der Waals surface area contributed by atoms with Crippen LogP contribution in [0.4, 0.5) is 0 Å². The van der Waals surface area contributed by atoms with Crippen LogP contribution in [0, 0.1) is 0 Å². The maximum atomic E-state index is 8.59.